The third-order valence-electron chi connectivity index (χ3n) is 3.20. The van der Waals surface area contributed by atoms with Crippen LogP contribution in [0.3, 0.4) is 0 Å². The Morgan fingerprint density at radius 2 is 2.00 bits per heavy atom. The summed E-state index contributed by atoms with van der Waals surface area (Å²) in [5.41, 5.74) is 0.126. The smallest absolute Gasteiger partial charge is 0.270 e. The molecule has 2 rings (SSSR count). The van der Waals surface area contributed by atoms with Crippen LogP contribution in [-0.4, -0.2) is 57.1 Å². The molecule has 0 atom stereocenters. The van der Waals surface area contributed by atoms with Crippen LogP contribution in [-0.2, 0) is 14.6 Å². The summed E-state index contributed by atoms with van der Waals surface area (Å²) in [6, 6.07) is 3.77. The molecule has 1 aliphatic rings. The van der Waals surface area contributed by atoms with E-state index < -0.39 is 27.1 Å². The zero-order valence-electron chi connectivity index (χ0n) is 11.3. The van der Waals surface area contributed by atoms with Gasteiger partial charge in [-0.1, -0.05) is 0 Å². The minimum absolute atomic E-state index is 0.118. The number of hydrogen-bond donors (Lipinski definition) is 1. The minimum atomic E-state index is -3.78. The topological polar surface area (TPSA) is 110 Å². The first kappa shape index (κ1) is 15.7. The standard InChI is InChI=1S/C12H16N2O6S/c15-5-8-21(18,19)12-9-10(14(16)17)1-2-11(12)13-3-6-20-7-4-13/h1-2,9,15H,3-8H2. The van der Waals surface area contributed by atoms with Gasteiger partial charge in [0.15, 0.2) is 9.84 Å². The third kappa shape index (κ3) is 3.49. The van der Waals surface area contributed by atoms with Gasteiger partial charge in [0.25, 0.3) is 5.69 Å². The highest BCUT2D eigenvalue weighted by Gasteiger charge is 2.25. The molecule has 116 valence electrons. The minimum Gasteiger partial charge on any atom is -0.395 e. The van der Waals surface area contributed by atoms with Gasteiger partial charge in [-0.15, -0.1) is 0 Å². The summed E-state index contributed by atoms with van der Waals surface area (Å²) in [6.07, 6.45) is 0. The van der Waals surface area contributed by atoms with Crippen LogP contribution in [0, 0.1) is 10.1 Å². The summed E-state index contributed by atoms with van der Waals surface area (Å²) in [6.45, 7) is 1.43. The quantitative estimate of drug-likeness (QED) is 0.610. The highest BCUT2D eigenvalue weighted by atomic mass is 32.2. The molecule has 1 aromatic rings. The first-order chi connectivity index (χ1) is 9.95. The predicted octanol–water partition coefficient (Wildman–Crippen LogP) is 0.197. The van der Waals surface area contributed by atoms with E-state index in [9.17, 15) is 18.5 Å². The predicted molar refractivity (Wildman–Crippen MR) is 75.3 cm³/mol. The number of benzene rings is 1. The van der Waals surface area contributed by atoms with Gasteiger partial charge in [-0.25, -0.2) is 8.42 Å². The second kappa shape index (κ2) is 6.37. The lowest BCUT2D eigenvalue weighted by atomic mass is 10.2. The molecule has 1 saturated heterocycles. The van der Waals surface area contributed by atoms with Gasteiger partial charge >= 0.3 is 0 Å². The van der Waals surface area contributed by atoms with Crippen LogP contribution in [0.5, 0.6) is 0 Å². The molecule has 1 N–H and O–H groups in total. The normalized spacial score (nSPS) is 16.0. The molecule has 1 heterocycles. The van der Waals surface area contributed by atoms with Gasteiger partial charge in [0.05, 0.1) is 41.1 Å². The van der Waals surface area contributed by atoms with E-state index in [0.717, 1.165) is 6.07 Å². The lowest BCUT2D eigenvalue weighted by Gasteiger charge is -2.30. The molecule has 0 aromatic heterocycles. The molecule has 0 bridgehead atoms. The first-order valence-electron chi connectivity index (χ1n) is 6.40. The maximum atomic E-state index is 12.2. The Bertz CT molecular complexity index is 625. The lowest BCUT2D eigenvalue weighted by Crippen LogP contribution is -2.37. The molecule has 1 aromatic carbocycles. The van der Waals surface area contributed by atoms with Crippen LogP contribution in [0.2, 0.25) is 0 Å². The molecule has 0 radical (unpaired) electrons. The number of aliphatic hydroxyl groups excluding tert-OH is 1. The molecule has 0 aliphatic carbocycles. The molecule has 1 fully saturated rings. The number of morpholine rings is 1. The number of sulfone groups is 1. The van der Waals surface area contributed by atoms with Crippen molar-refractivity contribution in [1.82, 2.24) is 0 Å². The lowest BCUT2D eigenvalue weighted by molar-refractivity contribution is -0.385. The van der Waals surface area contributed by atoms with Crippen molar-refractivity contribution in [2.75, 3.05) is 43.6 Å². The third-order valence-corrected chi connectivity index (χ3v) is 4.92. The largest absolute Gasteiger partial charge is 0.395 e. The van der Waals surface area contributed by atoms with Crippen LogP contribution >= 0.6 is 0 Å². The molecule has 21 heavy (non-hydrogen) atoms. The van der Waals surface area contributed by atoms with Gasteiger partial charge in [-0.05, 0) is 6.07 Å². The molecule has 0 spiro atoms. The van der Waals surface area contributed by atoms with E-state index in [-0.39, 0.29) is 10.6 Å². The van der Waals surface area contributed by atoms with Gasteiger partial charge in [-0.2, -0.15) is 0 Å². The van der Waals surface area contributed by atoms with Crippen molar-refractivity contribution in [1.29, 1.82) is 0 Å². The Hall–Kier alpha value is -1.71. The van der Waals surface area contributed by atoms with Crippen molar-refractivity contribution < 1.29 is 23.2 Å². The van der Waals surface area contributed by atoms with Crippen LogP contribution < -0.4 is 4.90 Å². The van der Waals surface area contributed by atoms with E-state index >= 15 is 0 Å². The van der Waals surface area contributed by atoms with E-state index in [1.807, 2.05) is 4.90 Å². The number of ether oxygens (including phenoxy) is 1. The summed E-state index contributed by atoms with van der Waals surface area (Å²) < 4.78 is 29.7. The van der Waals surface area contributed by atoms with Crippen molar-refractivity contribution in [2.45, 2.75) is 4.90 Å². The highest BCUT2D eigenvalue weighted by Crippen LogP contribution is 2.30. The highest BCUT2D eigenvalue weighted by molar-refractivity contribution is 7.91. The van der Waals surface area contributed by atoms with E-state index in [4.69, 9.17) is 9.84 Å². The number of nitrogens with zero attached hydrogens (tertiary/aromatic N) is 2. The van der Waals surface area contributed by atoms with Crippen molar-refractivity contribution in [3.05, 3.63) is 28.3 Å². The van der Waals surface area contributed by atoms with Gasteiger partial charge in [0.1, 0.15) is 0 Å². The van der Waals surface area contributed by atoms with Crippen molar-refractivity contribution >= 4 is 21.2 Å². The van der Waals surface area contributed by atoms with Crippen molar-refractivity contribution in [3.63, 3.8) is 0 Å². The van der Waals surface area contributed by atoms with Gasteiger partial charge in [0, 0.05) is 25.2 Å². The van der Waals surface area contributed by atoms with E-state index in [1.54, 1.807) is 0 Å². The molecular formula is C12H16N2O6S. The number of non-ortho nitro benzene ring substituents is 1. The average Bonchev–Trinajstić information content (AvgIpc) is 2.47. The molecule has 1 aliphatic heterocycles. The number of nitro groups is 1. The SMILES string of the molecule is O=[N+]([O-])c1ccc(N2CCOCC2)c(S(=O)(=O)CCO)c1. The molecule has 8 nitrogen and oxygen atoms in total. The fourth-order valence-corrected chi connectivity index (χ4v) is 3.44. The zero-order chi connectivity index (χ0) is 15.5. The Morgan fingerprint density at radius 3 is 2.57 bits per heavy atom. The second-order valence-electron chi connectivity index (χ2n) is 4.55. The fourth-order valence-electron chi connectivity index (χ4n) is 2.16. The van der Waals surface area contributed by atoms with Crippen molar-refractivity contribution in [2.24, 2.45) is 0 Å². The number of aliphatic hydroxyl groups is 1. The Labute approximate surface area is 122 Å². The Morgan fingerprint density at radius 1 is 1.33 bits per heavy atom. The van der Waals surface area contributed by atoms with Gasteiger partial charge in [0.2, 0.25) is 0 Å². The summed E-state index contributed by atoms with van der Waals surface area (Å²) in [5.74, 6) is -0.467. The van der Waals surface area contributed by atoms with Crippen LogP contribution in [0.25, 0.3) is 0 Å². The zero-order valence-corrected chi connectivity index (χ0v) is 12.1. The van der Waals surface area contributed by atoms with E-state index in [0.29, 0.717) is 32.0 Å². The Balaban J connectivity index is 2.50. The molecule has 0 saturated carbocycles. The molecule has 0 amide bonds. The van der Waals surface area contributed by atoms with Crippen LogP contribution in [0.4, 0.5) is 11.4 Å². The summed E-state index contributed by atoms with van der Waals surface area (Å²) in [4.78, 5) is 11.9. The maximum absolute atomic E-state index is 12.2. The number of hydrogen-bond acceptors (Lipinski definition) is 7. The van der Waals surface area contributed by atoms with E-state index in [1.165, 1.54) is 12.1 Å². The maximum Gasteiger partial charge on any atom is 0.270 e. The van der Waals surface area contributed by atoms with Crippen LogP contribution in [0.15, 0.2) is 23.1 Å². The number of anilines is 1. The summed E-state index contributed by atoms with van der Waals surface area (Å²) in [5, 5.41) is 19.7. The van der Waals surface area contributed by atoms with Crippen LogP contribution in [0.1, 0.15) is 0 Å². The summed E-state index contributed by atoms with van der Waals surface area (Å²) >= 11 is 0. The molecular weight excluding hydrogens is 300 g/mol. The van der Waals surface area contributed by atoms with Gasteiger partial charge in [-0.3, -0.25) is 10.1 Å². The first-order valence-corrected chi connectivity index (χ1v) is 8.05. The fraction of sp³-hybridized carbons (Fsp3) is 0.500. The average molecular weight is 316 g/mol. The number of rotatable bonds is 5. The second-order valence-corrected chi connectivity index (χ2v) is 6.63. The van der Waals surface area contributed by atoms with E-state index in [2.05, 4.69) is 0 Å². The Kier molecular flexibility index (Phi) is 4.76. The monoisotopic (exact) mass is 316 g/mol. The van der Waals surface area contributed by atoms with Crippen molar-refractivity contribution in [3.8, 4) is 0 Å². The summed E-state index contributed by atoms with van der Waals surface area (Å²) in [7, 11) is -3.78. The van der Waals surface area contributed by atoms with Gasteiger partial charge < -0.3 is 14.7 Å². The molecule has 0 unspecified atom stereocenters. The number of nitro benzene ring substituents is 1. The molecule has 9 heteroatoms.